The Morgan fingerprint density at radius 2 is 1.85 bits per heavy atom. The first-order valence-electron chi connectivity index (χ1n) is 8.85. The van der Waals surface area contributed by atoms with E-state index in [1.165, 1.54) is 24.8 Å². The Balaban J connectivity index is 1.59. The van der Waals surface area contributed by atoms with Crippen molar-refractivity contribution >= 4 is 38.5 Å². The lowest BCUT2D eigenvalue weighted by molar-refractivity contribution is 0.445. The van der Waals surface area contributed by atoms with Crippen molar-refractivity contribution in [3.63, 3.8) is 0 Å². The number of sulfonamides is 1. The van der Waals surface area contributed by atoms with Gasteiger partial charge in [0.15, 0.2) is 0 Å². The molecule has 1 fully saturated rings. The van der Waals surface area contributed by atoms with Gasteiger partial charge in [-0.15, -0.1) is 0 Å². The summed E-state index contributed by atoms with van der Waals surface area (Å²) in [7, 11) is -0.422. The molecule has 1 aliphatic rings. The van der Waals surface area contributed by atoms with Crippen LogP contribution in [-0.2, 0) is 10.0 Å². The second-order valence-corrected chi connectivity index (χ2v) is 9.00. The Morgan fingerprint density at radius 1 is 1.11 bits per heavy atom. The van der Waals surface area contributed by atoms with Gasteiger partial charge in [0.05, 0.1) is 10.3 Å². The highest BCUT2D eigenvalue weighted by Gasteiger charge is 2.20. The molecule has 142 valence electrons. The fourth-order valence-electron chi connectivity index (χ4n) is 2.90. The number of anilines is 3. The van der Waals surface area contributed by atoms with Crippen LogP contribution in [0.3, 0.4) is 0 Å². The summed E-state index contributed by atoms with van der Waals surface area (Å²) in [6.45, 7) is 0. The normalized spacial score (nSPS) is 15.1. The third-order valence-corrected chi connectivity index (χ3v) is 6.58. The summed E-state index contributed by atoms with van der Waals surface area (Å²) in [6.07, 6.45) is 5.39. The van der Waals surface area contributed by atoms with Gasteiger partial charge < -0.3 is 15.6 Å². The Labute approximate surface area is 158 Å². The highest BCUT2D eigenvalue weighted by atomic mass is 32.2. The lowest BCUT2D eigenvalue weighted by Gasteiger charge is -2.27. The minimum absolute atomic E-state index is 0.242. The molecule has 0 spiro atoms. The molecule has 9 heteroatoms. The monoisotopic (exact) mass is 386 g/mol. The van der Waals surface area contributed by atoms with E-state index in [1.54, 1.807) is 24.3 Å². The van der Waals surface area contributed by atoms with Crippen molar-refractivity contribution in [2.45, 2.75) is 30.2 Å². The Morgan fingerprint density at radius 3 is 2.48 bits per heavy atom. The first kappa shape index (κ1) is 17.7. The average Bonchev–Trinajstić information content (AvgIpc) is 3.07. The third-order valence-electron chi connectivity index (χ3n) is 4.75. The molecule has 8 nitrogen and oxygen atoms in total. The molecule has 3 aromatic rings. The smallest absolute Gasteiger partial charge is 0.242 e. The van der Waals surface area contributed by atoms with Gasteiger partial charge in [0.2, 0.25) is 16.0 Å². The number of nitrogens with zero attached hydrogens (tertiary/aromatic N) is 3. The summed E-state index contributed by atoms with van der Waals surface area (Å²) in [6, 6.07) is 8.97. The summed E-state index contributed by atoms with van der Waals surface area (Å²) in [5, 5.41) is 7.59. The molecule has 27 heavy (non-hydrogen) atoms. The number of hydrogen-bond donors (Lipinski definition) is 3. The van der Waals surface area contributed by atoms with E-state index in [-0.39, 0.29) is 4.90 Å². The molecular weight excluding hydrogens is 364 g/mol. The third kappa shape index (κ3) is 3.47. The van der Waals surface area contributed by atoms with Gasteiger partial charge in [0, 0.05) is 32.0 Å². The highest BCUT2D eigenvalue weighted by molar-refractivity contribution is 7.89. The molecule has 3 N–H and O–H groups in total. The Bertz CT molecular complexity index is 1060. The van der Waals surface area contributed by atoms with Gasteiger partial charge in [-0.25, -0.2) is 12.7 Å². The SMILES string of the molecule is CN(C)S(=O)(=O)c1ccc(Nc2nc(NC3CCC3)c3cc[nH]c3n2)cc1. The highest BCUT2D eigenvalue weighted by Crippen LogP contribution is 2.28. The van der Waals surface area contributed by atoms with Gasteiger partial charge in [-0.05, 0) is 49.6 Å². The quantitative estimate of drug-likeness (QED) is 0.602. The maximum absolute atomic E-state index is 12.2. The van der Waals surface area contributed by atoms with Crippen molar-refractivity contribution in [1.29, 1.82) is 0 Å². The summed E-state index contributed by atoms with van der Waals surface area (Å²) >= 11 is 0. The molecular formula is C18H22N6O2S. The van der Waals surface area contributed by atoms with Crippen molar-refractivity contribution in [3.05, 3.63) is 36.5 Å². The van der Waals surface area contributed by atoms with E-state index >= 15 is 0 Å². The molecule has 1 saturated carbocycles. The minimum Gasteiger partial charge on any atom is -0.367 e. The first-order chi connectivity index (χ1) is 12.9. The van der Waals surface area contributed by atoms with E-state index in [0.29, 0.717) is 17.7 Å². The standard InChI is InChI=1S/C18H22N6O2S/c1-24(2)27(25,26)14-8-6-13(7-9-14)21-18-22-16-15(10-11-19-16)17(23-18)20-12-4-3-5-12/h6-12H,3-5H2,1-2H3,(H3,19,20,21,22,23). The number of hydrogen-bond acceptors (Lipinski definition) is 6. The summed E-state index contributed by atoms with van der Waals surface area (Å²) in [5.74, 6) is 1.26. The van der Waals surface area contributed by atoms with Crippen LogP contribution in [0, 0.1) is 0 Å². The van der Waals surface area contributed by atoms with Crippen LogP contribution >= 0.6 is 0 Å². The zero-order valence-electron chi connectivity index (χ0n) is 15.2. The number of aromatic amines is 1. The average molecular weight is 386 g/mol. The van der Waals surface area contributed by atoms with E-state index in [0.717, 1.165) is 29.7 Å². The molecule has 0 aliphatic heterocycles. The van der Waals surface area contributed by atoms with Gasteiger partial charge >= 0.3 is 0 Å². The van der Waals surface area contributed by atoms with Crippen LogP contribution in [0.2, 0.25) is 0 Å². The molecule has 0 saturated heterocycles. The van der Waals surface area contributed by atoms with Gasteiger partial charge in [-0.3, -0.25) is 0 Å². The van der Waals surface area contributed by atoms with E-state index in [9.17, 15) is 8.42 Å². The number of fused-ring (bicyclic) bond motifs is 1. The second-order valence-electron chi connectivity index (χ2n) is 6.84. The largest absolute Gasteiger partial charge is 0.367 e. The van der Waals surface area contributed by atoms with Crippen LogP contribution in [0.5, 0.6) is 0 Å². The minimum atomic E-state index is -3.45. The van der Waals surface area contributed by atoms with E-state index in [4.69, 9.17) is 0 Å². The molecule has 1 aliphatic carbocycles. The van der Waals surface area contributed by atoms with E-state index in [2.05, 4.69) is 25.6 Å². The first-order valence-corrected chi connectivity index (χ1v) is 10.3. The topological polar surface area (TPSA) is 103 Å². The van der Waals surface area contributed by atoms with Crippen LogP contribution in [-0.4, -0.2) is 47.8 Å². The number of H-pyrrole nitrogens is 1. The lowest BCUT2D eigenvalue weighted by atomic mass is 9.93. The van der Waals surface area contributed by atoms with Crippen molar-refractivity contribution in [2.24, 2.45) is 0 Å². The molecule has 0 amide bonds. The molecule has 0 bridgehead atoms. The molecule has 1 aromatic carbocycles. The number of benzene rings is 1. The zero-order valence-corrected chi connectivity index (χ0v) is 16.0. The second kappa shape index (κ2) is 6.82. The summed E-state index contributed by atoms with van der Waals surface area (Å²) < 4.78 is 25.5. The molecule has 2 aromatic heterocycles. The Kier molecular flexibility index (Phi) is 4.48. The number of nitrogens with one attached hydrogen (secondary N) is 3. The van der Waals surface area contributed by atoms with E-state index in [1.807, 2.05) is 12.3 Å². The van der Waals surface area contributed by atoms with Gasteiger partial charge in [-0.2, -0.15) is 9.97 Å². The number of rotatable bonds is 6. The zero-order chi connectivity index (χ0) is 19.0. The van der Waals surface area contributed by atoms with Crippen molar-refractivity contribution in [1.82, 2.24) is 19.3 Å². The van der Waals surface area contributed by atoms with Crippen LogP contribution < -0.4 is 10.6 Å². The summed E-state index contributed by atoms with van der Waals surface area (Å²) in [4.78, 5) is 12.5. The predicted octanol–water partition coefficient (Wildman–Crippen LogP) is 2.92. The summed E-state index contributed by atoms with van der Waals surface area (Å²) in [5.41, 5.74) is 1.47. The van der Waals surface area contributed by atoms with Gasteiger partial charge in [0.25, 0.3) is 0 Å². The molecule has 0 atom stereocenters. The van der Waals surface area contributed by atoms with Crippen LogP contribution in [0.15, 0.2) is 41.4 Å². The van der Waals surface area contributed by atoms with E-state index < -0.39 is 10.0 Å². The van der Waals surface area contributed by atoms with Crippen LogP contribution in [0.25, 0.3) is 11.0 Å². The van der Waals surface area contributed by atoms with Gasteiger partial charge in [0.1, 0.15) is 11.5 Å². The maximum Gasteiger partial charge on any atom is 0.242 e. The fourth-order valence-corrected chi connectivity index (χ4v) is 3.80. The van der Waals surface area contributed by atoms with Gasteiger partial charge in [-0.1, -0.05) is 0 Å². The fraction of sp³-hybridized carbons (Fsp3) is 0.333. The van der Waals surface area contributed by atoms with Crippen LogP contribution in [0.1, 0.15) is 19.3 Å². The molecule has 0 radical (unpaired) electrons. The molecule has 2 heterocycles. The van der Waals surface area contributed by atoms with Crippen molar-refractivity contribution < 1.29 is 8.42 Å². The van der Waals surface area contributed by atoms with Crippen molar-refractivity contribution in [2.75, 3.05) is 24.7 Å². The lowest BCUT2D eigenvalue weighted by Crippen LogP contribution is -2.27. The predicted molar refractivity (Wildman–Crippen MR) is 106 cm³/mol. The maximum atomic E-state index is 12.2. The molecule has 0 unspecified atom stereocenters. The number of aromatic nitrogens is 3. The molecule has 4 rings (SSSR count). The van der Waals surface area contributed by atoms with Crippen molar-refractivity contribution in [3.8, 4) is 0 Å². The van der Waals surface area contributed by atoms with Crippen LogP contribution in [0.4, 0.5) is 17.5 Å². The Hall–Kier alpha value is -2.65.